The number of imidazole rings is 1. The molecule has 1 aromatic heterocycles. The fourth-order valence-corrected chi connectivity index (χ4v) is 2.24. The zero-order chi connectivity index (χ0) is 15.4. The Kier molecular flexibility index (Phi) is 4.83. The quantitative estimate of drug-likeness (QED) is 0.655. The minimum atomic E-state index is -0.234. The monoisotopic (exact) mass is 289 g/mol. The van der Waals surface area contributed by atoms with Gasteiger partial charge >= 0.3 is 5.97 Å². The predicted octanol–water partition coefficient (Wildman–Crippen LogP) is 2.77. The Bertz CT molecular complexity index is 632. The molecule has 0 aliphatic heterocycles. The number of nitrogens with two attached hydrogens (primary N) is 1. The largest absolute Gasteiger partial charge is 0.464 e. The van der Waals surface area contributed by atoms with Crippen LogP contribution in [0.1, 0.15) is 33.0 Å². The Morgan fingerprint density at radius 3 is 2.86 bits per heavy atom. The first-order valence-corrected chi connectivity index (χ1v) is 7.42. The summed E-state index contributed by atoms with van der Waals surface area (Å²) in [5.74, 6) is 0.980. The van der Waals surface area contributed by atoms with E-state index in [1.54, 1.807) is 0 Å². The van der Waals surface area contributed by atoms with Crippen molar-refractivity contribution >= 4 is 22.7 Å². The van der Waals surface area contributed by atoms with Crippen molar-refractivity contribution in [2.45, 2.75) is 40.2 Å². The van der Waals surface area contributed by atoms with Gasteiger partial charge in [-0.1, -0.05) is 26.8 Å². The zero-order valence-corrected chi connectivity index (χ0v) is 12.9. The molecule has 2 rings (SSSR count). The molecule has 0 spiro atoms. The molecule has 0 unspecified atom stereocenters. The highest BCUT2D eigenvalue weighted by atomic mass is 16.5. The second kappa shape index (κ2) is 6.61. The molecular weight excluding hydrogens is 266 g/mol. The standard InChI is InChI=1S/C16H23N3O2/c1-4-6-14-18-16-12(17)7-5-8-13(16)19(14)9-15(20)21-10-11(2)3/h5,7-8,11H,4,6,9-10,17H2,1-3H3. The van der Waals surface area contributed by atoms with Gasteiger partial charge in [0, 0.05) is 6.42 Å². The highest BCUT2D eigenvalue weighted by molar-refractivity contribution is 5.88. The molecular formula is C16H23N3O2. The number of ether oxygens (including phenoxy) is 1. The summed E-state index contributed by atoms with van der Waals surface area (Å²) >= 11 is 0. The maximum atomic E-state index is 12.0. The number of anilines is 1. The fraction of sp³-hybridized carbons (Fsp3) is 0.500. The van der Waals surface area contributed by atoms with E-state index in [9.17, 15) is 4.79 Å². The molecule has 0 bridgehead atoms. The van der Waals surface area contributed by atoms with Gasteiger partial charge in [-0.3, -0.25) is 4.79 Å². The summed E-state index contributed by atoms with van der Waals surface area (Å²) in [6.07, 6.45) is 1.77. The Morgan fingerprint density at radius 1 is 1.43 bits per heavy atom. The third-order valence-electron chi connectivity index (χ3n) is 3.23. The summed E-state index contributed by atoms with van der Waals surface area (Å²) in [4.78, 5) is 16.6. The number of aryl methyl sites for hydroxylation is 1. The maximum absolute atomic E-state index is 12.0. The zero-order valence-electron chi connectivity index (χ0n) is 12.9. The van der Waals surface area contributed by atoms with Gasteiger partial charge in [0.05, 0.1) is 17.8 Å². The predicted molar refractivity (Wildman–Crippen MR) is 83.9 cm³/mol. The molecule has 114 valence electrons. The van der Waals surface area contributed by atoms with Gasteiger partial charge in [-0.25, -0.2) is 4.98 Å². The van der Waals surface area contributed by atoms with E-state index >= 15 is 0 Å². The van der Waals surface area contributed by atoms with E-state index in [4.69, 9.17) is 10.5 Å². The lowest BCUT2D eigenvalue weighted by molar-refractivity contribution is -0.145. The van der Waals surface area contributed by atoms with Crippen LogP contribution in [0.3, 0.4) is 0 Å². The number of nitrogen functional groups attached to an aromatic ring is 1. The summed E-state index contributed by atoms with van der Waals surface area (Å²) in [5.41, 5.74) is 8.26. The molecule has 1 heterocycles. The van der Waals surface area contributed by atoms with Crippen molar-refractivity contribution < 1.29 is 9.53 Å². The first-order valence-electron chi connectivity index (χ1n) is 7.42. The highest BCUT2D eigenvalue weighted by Gasteiger charge is 2.15. The number of nitrogens with zero attached hydrogens (tertiary/aromatic N) is 2. The molecule has 0 aliphatic rings. The van der Waals surface area contributed by atoms with E-state index in [1.807, 2.05) is 36.6 Å². The van der Waals surface area contributed by atoms with Gasteiger partial charge in [-0.05, 0) is 24.5 Å². The molecule has 0 saturated heterocycles. The maximum Gasteiger partial charge on any atom is 0.326 e. The SMILES string of the molecule is CCCc1nc2c(N)cccc2n1CC(=O)OCC(C)C. The molecule has 1 aromatic carbocycles. The van der Waals surface area contributed by atoms with Crippen LogP contribution in [0.5, 0.6) is 0 Å². The first-order chi connectivity index (χ1) is 10.0. The summed E-state index contributed by atoms with van der Waals surface area (Å²) in [6, 6.07) is 5.64. The average molecular weight is 289 g/mol. The number of fused-ring (bicyclic) bond motifs is 1. The second-order valence-electron chi connectivity index (χ2n) is 5.66. The number of para-hydroxylation sites is 1. The number of aromatic nitrogens is 2. The average Bonchev–Trinajstić information content (AvgIpc) is 2.77. The molecule has 0 amide bonds. The van der Waals surface area contributed by atoms with Crippen LogP contribution in [0.25, 0.3) is 11.0 Å². The first kappa shape index (κ1) is 15.4. The summed E-state index contributed by atoms with van der Waals surface area (Å²) < 4.78 is 7.18. The number of esters is 1. The Balaban J connectivity index is 2.30. The van der Waals surface area contributed by atoms with Crippen LogP contribution in [-0.2, 0) is 22.5 Å². The topological polar surface area (TPSA) is 70.1 Å². The van der Waals surface area contributed by atoms with Gasteiger partial charge in [-0.15, -0.1) is 0 Å². The molecule has 2 aromatic rings. The van der Waals surface area contributed by atoms with Crippen LogP contribution in [0.4, 0.5) is 5.69 Å². The number of benzene rings is 1. The molecule has 0 radical (unpaired) electrons. The molecule has 5 heteroatoms. The molecule has 0 atom stereocenters. The van der Waals surface area contributed by atoms with Crippen LogP contribution >= 0.6 is 0 Å². The molecule has 21 heavy (non-hydrogen) atoms. The lowest BCUT2D eigenvalue weighted by Crippen LogP contribution is -2.17. The van der Waals surface area contributed by atoms with E-state index in [0.717, 1.165) is 29.7 Å². The summed E-state index contributed by atoms with van der Waals surface area (Å²) in [7, 11) is 0. The Labute approximate surface area is 125 Å². The van der Waals surface area contributed by atoms with Crippen LogP contribution < -0.4 is 5.73 Å². The lowest BCUT2D eigenvalue weighted by atomic mass is 10.2. The highest BCUT2D eigenvalue weighted by Crippen LogP contribution is 2.22. The molecule has 0 fully saturated rings. The van der Waals surface area contributed by atoms with Gasteiger partial charge < -0.3 is 15.0 Å². The number of carbonyl (C=O) groups is 1. The van der Waals surface area contributed by atoms with Gasteiger partial charge in [0.1, 0.15) is 17.9 Å². The van der Waals surface area contributed by atoms with Crippen molar-refractivity contribution in [3.63, 3.8) is 0 Å². The van der Waals surface area contributed by atoms with Gasteiger partial charge in [0.15, 0.2) is 0 Å². The van der Waals surface area contributed by atoms with E-state index < -0.39 is 0 Å². The fourth-order valence-electron chi connectivity index (χ4n) is 2.24. The molecule has 0 saturated carbocycles. The van der Waals surface area contributed by atoms with Crippen molar-refractivity contribution in [2.75, 3.05) is 12.3 Å². The van der Waals surface area contributed by atoms with E-state index in [0.29, 0.717) is 18.2 Å². The number of hydrogen-bond donors (Lipinski definition) is 1. The van der Waals surface area contributed by atoms with Gasteiger partial charge in [-0.2, -0.15) is 0 Å². The van der Waals surface area contributed by atoms with Crippen molar-refractivity contribution in [3.8, 4) is 0 Å². The van der Waals surface area contributed by atoms with E-state index in [-0.39, 0.29) is 12.5 Å². The normalized spacial score (nSPS) is 11.2. The molecule has 2 N–H and O–H groups in total. The second-order valence-corrected chi connectivity index (χ2v) is 5.66. The molecule has 0 aliphatic carbocycles. The van der Waals surface area contributed by atoms with Crippen LogP contribution in [0.15, 0.2) is 18.2 Å². The number of rotatable bonds is 6. The van der Waals surface area contributed by atoms with E-state index in [2.05, 4.69) is 11.9 Å². The summed E-state index contributed by atoms with van der Waals surface area (Å²) in [5, 5.41) is 0. The summed E-state index contributed by atoms with van der Waals surface area (Å²) in [6.45, 7) is 6.75. The number of hydrogen-bond acceptors (Lipinski definition) is 4. The van der Waals surface area contributed by atoms with Crippen molar-refractivity contribution in [2.24, 2.45) is 5.92 Å². The lowest BCUT2D eigenvalue weighted by Gasteiger charge is -2.10. The van der Waals surface area contributed by atoms with Crippen molar-refractivity contribution in [3.05, 3.63) is 24.0 Å². The third kappa shape index (κ3) is 3.54. The van der Waals surface area contributed by atoms with E-state index in [1.165, 1.54) is 0 Å². The van der Waals surface area contributed by atoms with Crippen LogP contribution in [0, 0.1) is 5.92 Å². The Morgan fingerprint density at radius 2 is 2.19 bits per heavy atom. The number of carbonyl (C=O) groups excluding carboxylic acids is 1. The van der Waals surface area contributed by atoms with Crippen LogP contribution in [0.2, 0.25) is 0 Å². The minimum absolute atomic E-state index is 0.183. The minimum Gasteiger partial charge on any atom is -0.464 e. The van der Waals surface area contributed by atoms with Crippen molar-refractivity contribution in [1.82, 2.24) is 9.55 Å². The van der Waals surface area contributed by atoms with Gasteiger partial charge in [0.25, 0.3) is 0 Å². The van der Waals surface area contributed by atoms with Crippen LogP contribution in [-0.4, -0.2) is 22.1 Å². The third-order valence-corrected chi connectivity index (χ3v) is 3.23. The smallest absolute Gasteiger partial charge is 0.326 e. The Hall–Kier alpha value is -2.04. The van der Waals surface area contributed by atoms with Gasteiger partial charge in [0.2, 0.25) is 0 Å². The molecule has 5 nitrogen and oxygen atoms in total. The van der Waals surface area contributed by atoms with Crippen molar-refractivity contribution in [1.29, 1.82) is 0 Å².